The fourth-order valence-electron chi connectivity index (χ4n) is 3.24. The molecule has 1 aromatic heterocycles. The van der Waals surface area contributed by atoms with Crippen molar-refractivity contribution in [3.8, 4) is 5.75 Å². The summed E-state index contributed by atoms with van der Waals surface area (Å²) in [5.74, 6) is 0.816. The predicted octanol–water partition coefficient (Wildman–Crippen LogP) is 5.83. The van der Waals surface area contributed by atoms with Gasteiger partial charge in [0.2, 0.25) is 0 Å². The average Bonchev–Trinajstić information content (AvgIpc) is 3.19. The SMILES string of the molecule is CCOc1ccc2nc(N(CCN(CC)CC)C(=O)c3cccc(SC)c3)sc2c1.Cl. The molecular formula is C23H30ClN3O2S2. The number of carbonyl (C=O) groups excluding carboxylic acids is 1. The second-order valence-electron chi connectivity index (χ2n) is 6.77. The highest BCUT2D eigenvalue weighted by Crippen LogP contribution is 2.32. The molecule has 1 amide bonds. The van der Waals surface area contributed by atoms with Gasteiger partial charge < -0.3 is 9.64 Å². The second kappa shape index (κ2) is 12.3. The van der Waals surface area contributed by atoms with Gasteiger partial charge in [0.05, 0.1) is 16.8 Å². The van der Waals surface area contributed by atoms with Crippen molar-refractivity contribution in [2.75, 3.05) is 43.9 Å². The number of thiazole rings is 1. The molecule has 2 aromatic carbocycles. The maximum Gasteiger partial charge on any atom is 0.260 e. The Morgan fingerprint density at radius 2 is 1.87 bits per heavy atom. The van der Waals surface area contributed by atoms with Crippen LogP contribution in [-0.4, -0.2) is 54.8 Å². The van der Waals surface area contributed by atoms with Crippen LogP contribution in [0.5, 0.6) is 5.75 Å². The van der Waals surface area contributed by atoms with E-state index in [2.05, 4.69) is 18.7 Å². The van der Waals surface area contributed by atoms with E-state index in [0.29, 0.717) is 18.7 Å². The number of hydrogen-bond donors (Lipinski definition) is 0. The standard InChI is InChI=1S/C23H29N3O2S2.ClH/c1-5-25(6-2)13-14-26(22(27)17-9-8-10-19(15-17)29-4)23-24-20-12-11-18(28-7-3)16-21(20)30-23;/h8-12,15-16H,5-7,13-14H2,1-4H3;1H. The Bertz CT molecular complexity index is 992. The summed E-state index contributed by atoms with van der Waals surface area (Å²) in [6.07, 6.45) is 2.02. The minimum atomic E-state index is -0.0119. The third-order valence-electron chi connectivity index (χ3n) is 4.99. The van der Waals surface area contributed by atoms with Gasteiger partial charge in [0, 0.05) is 23.5 Å². The van der Waals surface area contributed by atoms with Crippen LogP contribution in [0.4, 0.5) is 5.13 Å². The van der Waals surface area contributed by atoms with Crippen LogP contribution in [-0.2, 0) is 0 Å². The smallest absolute Gasteiger partial charge is 0.260 e. The number of rotatable bonds is 10. The van der Waals surface area contributed by atoms with Crippen molar-refractivity contribution in [2.45, 2.75) is 25.7 Å². The summed E-state index contributed by atoms with van der Waals surface area (Å²) < 4.78 is 6.65. The quantitative estimate of drug-likeness (QED) is 0.342. The number of hydrogen-bond acceptors (Lipinski definition) is 6. The Kier molecular flexibility index (Phi) is 10.1. The summed E-state index contributed by atoms with van der Waals surface area (Å²) in [6, 6.07) is 13.7. The van der Waals surface area contributed by atoms with Crippen molar-refractivity contribution in [1.82, 2.24) is 9.88 Å². The summed E-state index contributed by atoms with van der Waals surface area (Å²) in [5, 5.41) is 0.727. The number of thioether (sulfide) groups is 1. The molecule has 0 atom stereocenters. The zero-order valence-corrected chi connectivity index (χ0v) is 20.9. The molecule has 3 aromatic rings. The number of anilines is 1. The van der Waals surface area contributed by atoms with E-state index in [4.69, 9.17) is 9.72 Å². The van der Waals surface area contributed by atoms with Gasteiger partial charge in [-0.05, 0) is 62.7 Å². The molecule has 0 spiro atoms. The first-order chi connectivity index (χ1) is 14.6. The molecule has 0 radical (unpaired) electrons. The van der Waals surface area contributed by atoms with Gasteiger partial charge in [-0.3, -0.25) is 9.69 Å². The number of aromatic nitrogens is 1. The molecule has 0 saturated carbocycles. The first-order valence-corrected chi connectivity index (χ1v) is 12.3. The van der Waals surface area contributed by atoms with Crippen LogP contribution in [0, 0.1) is 0 Å². The lowest BCUT2D eigenvalue weighted by Gasteiger charge is -2.24. The van der Waals surface area contributed by atoms with Crippen molar-refractivity contribution in [2.24, 2.45) is 0 Å². The van der Waals surface area contributed by atoms with Crippen LogP contribution in [0.3, 0.4) is 0 Å². The van der Waals surface area contributed by atoms with Crippen LogP contribution in [0.1, 0.15) is 31.1 Å². The number of benzene rings is 2. The van der Waals surface area contributed by atoms with Gasteiger partial charge in [0.25, 0.3) is 5.91 Å². The highest BCUT2D eigenvalue weighted by molar-refractivity contribution is 7.98. The van der Waals surface area contributed by atoms with Gasteiger partial charge >= 0.3 is 0 Å². The Balaban J connectivity index is 0.00000341. The maximum atomic E-state index is 13.5. The monoisotopic (exact) mass is 479 g/mol. The van der Waals surface area contributed by atoms with E-state index in [1.807, 2.05) is 60.5 Å². The Morgan fingerprint density at radius 1 is 1.10 bits per heavy atom. The Hall–Kier alpha value is -1.80. The number of ether oxygens (including phenoxy) is 1. The maximum absolute atomic E-state index is 13.5. The molecule has 0 aliphatic heterocycles. The first-order valence-electron chi connectivity index (χ1n) is 10.3. The summed E-state index contributed by atoms with van der Waals surface area (Å²) in [4.78, 5) is 23.5. The van der Waals surface area contributed by atoms with Crippen molar-refractivity contribution in [3.05, 3.63) is 48.0 Å². The zero-order chi connectivity index (χ0) is 21.5. The number of nitrogens with zero attached hydrogens (tertiary/aromatic N) is 3. The van der Waals surface area contributed by atoms with Gasteiger partial charge in [-0.25, -0.2) is 4.98 Å². The van der Waals surface area contributed by atoms with Gasteiger partial charge in [-0.15, -0.1) is 24.2 Å². The van der Waals surface area contributed by atoms with E-state index in [-0.39, 0.29) is 18.3 Å². The first kappa shape index (κ1) is 25.5. The third-order valence-corrected chi connectivity index (χ3v) is 6.75. The molecule has 0 saturated heterocycles. The molecule has 0 aliphatic carbocycles. The lowest BCUT2D eigenvalue weighted by atomic mass is 10.2. The normalized spacial score (nSPS) is 10.9. The van der Waals surface area contributed by atoms with Gasteiger partial charge in [-0.1, -0.05) is 31.3 Å². The molecule has 0 N–H and O–H groups in total. The molecule has 31 heavy (non-hydrogen) atoms. The molecule has 0 unspecified atom stereocenters. The number of halogens is 1. The van der Waals surface area contributed by atoms with Crippen LogP contribution >= 0.6 is 35.5 Å². The van der Waals surface area contributed by atoms with E-state index < -0.39 is 0 Å². The molecule has 168 valence electrons. The highest BCUT2D eigenvalue weighted by Gasteiger charge is 2.22. The highest BCUT2D eigenvalue weighted by atomic mass is 35.5. The van der Waals surface area contributed by atoms with Gasteiger partial charge in [0.15, 0.2) is 5.13 Å². The van der Waals surface area contributed by atoms with Crippen LogP contribution < -0.4 is 9.64 Å². The molecule has 0 bridgehead atoms. The zero-order valence-electron chi connectivity index (χ0n) is 18.5. The molecule has 0 aliphatic rings. The topological polar surface area (TPSA) is 45.7 Å². The van der Waals surface area contributed by atoms with E-state index in [0.717, 1.165) is 45.6 Å². The second-order valence-corrected chi connectivity index (χ2v) is 8.66. The number of likely N-dealkylation sites (N-methyl/N-ethyl adjacent to an activating group) is 1. The minimum absolute atomic E-state index is 0. The van der Waals surface area contributed by atoms with E-state index in [1.165, 1.54) is 11.3 Å². The fourth-order valence-corrected chi connectivity index (χ4v) is 4.72. The molecule has 3 rings (SSSR count). The van der Waals surface area contributed by atoms with E-state index >= 15 is 0 Å². The summed E-state index contributed by atoms with van der Waals surface area (Å²) in [7, 11) is 0. The molecular weight excluding hydrogens is 450 g/mol. The number of amides is 1. The molecule has 1 heterocycles. The van der Waals surface area contributed by atoms with E-state index in [1.54, 1.807) is 11.8 Å². The van der Waals surface area contributed by atoms with Crippen molar-refractivity contribution in [1.29, 1.82) is 0 Å². The van der Waals surface area contributed by atoms with Gasteiger partial charge in [0.1, 0.15) is 5.75 Å². The van der Waals surface area contributed by atoms with Crippen LogP contribution in [0.2, 0.25) is 0 Å². The van der Waals surface area contributed by atoms with Gasteiger partial charge in [-0.2, -0.15) is 0 Å². The summed E-state index contributed by atoms with van der Waals surface area (Å²) in [6.45, 7) is 10.2. The molecule has 8 heteroatoms. The van der Waals surface area contributed by atoms with Crippen LogP contribution in [0.25, 0.3) is 10.2 Å². The van der Waals surface area contributed by atoms with Crippen molar-refractivity contribution >= 4 is 56.8 Å². The summed E-state index contributed by atoms with van der Waals surface area (Å²) in [5.41, 5.74) is 1.58. The molecule has 5 nitrogen and oxygen atoms in total. The fraction of sp³-hybridized carbons (Fsp3) is 0.391. The minimum Gasteiger partial charge on any atom is -0.494 e. The third kappa shape index (κ3) is 6.35. The Labute approximate surface area is 199 Å². The largest absolute Gasteiger partial charge is 0.494 e. The average molecular weight is 480 g/mol. The predicted molar refractivity (Wildman–Crippen MR) is 136 cm³/mol. The van der Waals surface area contributed by atoms with E-state index in [9.17, 15) is 4.79 Å². The van der Waals surface area contributed by atoms with Crippen molar-refractivity contribution < 1.29 is 9.53 Å². The lowest BCUT2D eigenvalue weighted by molar-refractivity contribution is 0.0983. The number of fused-ring (bicyclic) bond motifs is 1. The molecule has 0 fully saturated rings. The van der Waals surface area contributed by atoms with Crippen LogP contribution in [0.15, 0.2) is 47.4 Å². The summed E-state index contributed by atoms with van der Waals surface area (Å²) >= 11 is 3.17. The van der Waals surface area contributed by atoms with Crippen molar-refractivity contribution in [3.63, 3.8) is 0 Å². The lowest BCUT2D eigenvalue weighted by Crippen LogP contribution is -2.38. The Morgan fingerprint density at radius 3 is 2.55 bits per heavy atom. The number of carbonyl (C=O) groups is 1.